The Morgan fingerprint density at radius 2 is 2.18 bits per heavy atom. The van der Waals surface area contributed by atoms with Crippen molar-refractivity contribution in [2.75, 3.05) is 27.2 Å². The quantitative estimate of drug-likeness (QED) is 0.480. The number of nitrogens with one attached hydrogen (secondary N) is 1. The minimum atomic E-state index is -0.449. The van der Waals surface area contributed by atoms with Crippen LogP contribution in [-0.2, 0) is 6.54 Å². The lowest BCUT2D eigenvalue weighted by Crippen LogP contribution is -2.26. The molecule has 0 aliphatic heterocycles. The molecule has 0 heterocycles. The predicted molar refractivity (Wildman–Crippen MR) is 68.4 cm³/mol. The number of benzene rings is 1. The number of non-ortho nitro benzene ring substituents is 1. The van der Waals surface area contributed by atoms with Crippen molar-refractivity contribution < 1.29 is 4.92 Å². The molecule has 5 nitrogen and oxygen atoms in total. The topological polar surface area (TPSA) is 58.4 Å². The summed E-state index contributed by atoms with van der Waals surface area (Å²) in [6.45, 7) is 2.40. The number of halogens is 1. The highest BCUT2D eigenvalue weighted by Gasteiger charge is 2.08. The van der Waals surface area contributed by atoms with E-state index in [4.69, 9.17) is 11.6 Å². The van der Waals surface area contributed by atoms with Crippen LogP contribution < -0.4 is 5.32 Å². The standard InChI is InChI=1S/C11H16ClN3O2/c1-14(2)6-5-13-8-9-3-4-10(15(16)17)7-11(9)12/h3-4,7,13H,5-6,8H2,1-2H3. The van der Waals surface area contributed by atoms with Crippen LogP contribution in [0.2, 0.25) is 5.02 Å². The van der Waals surface area contributed by atoms with Crippen molar-refractivity contribution in [3.8, 4) is 0 Å². The SMILES string of the molecule is CN(C)CCNCc1ccc([N+](=O)[O-])cc1Cl. The van der Waals surface area contributed by atoms with Gasteiger partial charge in [0.25, 0.3) is 5.69 Å². The summed E-state index contributed by atoms with van der Waals surface area (Å²) in [7, 11) is 4.00. The summed E-state index contributed by atoms with van der Waals surface area (Å²) in [5, 5.41) is 14.2. The second-order valence-corrected chi connectivity index (χ2v) is 4.42. The van der Waals surface area contributed by atoms with Crippen LogP contribution in [0.1, 0.15) is 5.56 Å². The fourth-order valence-electron chi connectivity index (χ4n) is 1.32. The monoisotopic (exact) mass is 257 g/mol. The first-order valence-electron chi connectivity index (χ1n) is 5.29. The fourth-order valence-corrected chi connectivity index (χ4v) is 1.56. The third-order valence-electron chi connectivity index (χ3n) is 2.30. The van der Waals surface area contributed by atoms with Gasteiger partial charge >= 0.3 is 0 Å². The molecule has 1 rings (SSSR count). The molecule has 0 aliphatic carbocycles. The fraction of sp³-hybridized carbons (Fsp3) is 0.455. The summed E-state index contributed by atoms with van der Waals surface area (Å²) < 4.78 is 0. The maximum Gasteiger partial charge on any atom is 0.270 e. The van der Waals surface area contributed by atoms with Crippen molar-refractivity contribution in [1.82, 2.24) is 10.2 Å². The largest absolute Gasteiger partial charge is 0.311 e. The van der Waals surface area contributed by atoms with Crippen LogP contribution in [0.25, 0.3) is 0 Å². The van der Waals surface area contributed by atoms with Crippen molar-refractivity contribution in [2.45, 2.75) is 6.54 Å². The Morgan fingerprint density at radius 1 is 1.47 bits per heavy atom. The second kappa shape index (κ2) is 6.54. The van der Waals surface area contributed by atoms with E-state index in [0.717, 1.165) is 18.7 Å². The highest BCUT2D eigenvalue weighted by atomic mass is 35.5. The lowest BCUT2D eigenvalue weighted by atomic mass is 10.2. The molecule has 0 aliphatic rings. The number of nitro benzene ring substituents is 1. The summed E-state index contributed by atoms with van der Waals surface area (Å²) in [6, 6.07) is 4.53. The third-order valence-corrected chi connectivity index (χ3v) is 2.65. The third kappa shape index (κ3) is 4.68. The van der Waals surface area contributed by atoms with Gasteiger partial charge in [0.15, 0.2) is 0 Å². The molecular weight excluding hydrogens is 242 g/mol. The minimum Gasteiger partial charge on any atom is -0.311 e. The molecule has 1 aromatic carbocycles. The number of likely N-dealkylation sites (N-methyl/N-ethyl adjacent to an activating group) is 1. The van der Waals surface area contributed by atoms with Gasteiger partial charge in [-0.15, -0.1) is 0 Å². The molecule has 1 N–H and O–H groups in total. The number of hydrogen-bond donors (Lipinski definition) is 1. The molecular formula is C11H16ClN3O2. The van der Waals surface area contributed by atoms with Crippen molar-refractivity contribution >= 4 is 17.3 Å². The van der Waals surface area contributed by atoms with Crippen LogP contribution in [0.5, 0.6) is 0 Å². The van der Waals surface area contributed by atoms with E-state index in [-0.39, 0.29) is 5.69 Å². The average Bonchev–Trinajstić information content (AvgIpc) is 2.25. The van der Waals surface area contributed by atoms with Gasteiger partial charge in [-0.3, -0.25) is 10.1 Å². The zero-order valence-corrected chi connectivity index (χ0v) is 10.7. The van der Waals surface area contributed by atoms with Crippen LogP contribution in [0.15, 0.2) is 18.2 Å². The highest BCUT2D eigenvalue weighted by molar-refractivity contribution is 6.31. The Balaban J connectivity index is 2.52. The molecule has 0 saturated carbocycles. The van der Waals surface area contributed by atoms with E-state index in [9.17, 15) is 10.1 Å². The Kier molecular flexibility index (Phi) is 5.34. The number of rotatable bonds is 6. The molecule has 6 heteroatoms. The van der Waals surface area contributed by atoms with E-state index in [1.807, 2.05) is 14.1 Å². The van der Waals surface area contributed by atoms with Crippen LogP contribution in [0.3, 0.4) is 0 Å². The normalized spacial score (nSPS) is 10.8. The molecule has 0 radical (unpaired) electrons. The number of nitro groups is 1. The second-order valence-electron chi connectivity index (χ2n) is 4.01. The van der Waals surface area contributed by atoms with E-state index in [0.29, 0.717) is 11.6 Å². The van der Waals surface area contributed by atoms with Crippen molar-refractivity contribution in [1.29, 1.82) is 0 Å². The van der Waals surface area contributed by atoms with Gasteiger partial charge in [-0.25, -0.2) is 0 Å². The zero-order chi connectivity index (χ0) is 12.8. The summed E-state index contributed by atoms with van der Waals surface area (Å²) in [4.78, 5) is 12.2. The van der Waals surface area contributed by atoms with Gasteiger partial charge in [-0.2, -0.15) is 0 Å². The van der Waals surface area contributed by atoms with Gasteiger partial charge < -0.3 is 10.2 Å². The van der Waals surface area contributed by atoms with Crippen LogP contribution in [0.4, 0.5) is 5.69 Å². The number of nitrogens with zero attached hydrogens (tertiary/aromatic N) is 2. The van der Waals surface area contributed by atoms with E-state index < -0.39 is 4.92 Å². The van der Waals surface area contributed by atoms with Gasteiger partial charge in [-0.05, 0) is 25.7 Å². The summed E-state index contributed by atoms with van der Waals surface area (Å²) >= 11 is 5.96. The minimum absolute atomic E-state index is 0.0204. The molecule has 0 spiro atoms. The summed E-state index contributed by atoms with van der Waals surface area (Å²) in [6.07, 6.45) is 0. The van der Waals surface area contributed by atoms with E-state index in [2.05, 4.69) is 10.2 Å². The molecule has 0 saturated heterocycles. The van der Waals surface area contributed by atoms with E-state index in [1.54, 1.807) is 6.07 Å². The van der Waals surface area contributed by atoms with E-state index in [1.165, 1.54) is 12.1 Å². The lowest BCUT2D eigenvalue weighted by molar-refractivity contribution is -0.384. The van der Waals surface area contributed by atoms with Gasteiger partial charge in [0.05, 0.1) is 9.95 Å². The summed E-state index contributed by atoms with van der Waals surface area (Å²) in [5.74, 6) is 0. The van der Waals surface area contributed by atoms with Crippen LogP contribution in [0, 0.1) is 10.1 Å². The molecule has 0 atom stereocenters. The van der Waals surface area contributed by atoms with Gasteiger partial charge in [0.1, 0.15) is 0 Å². The van der Waals surface area contributed by atoms with Crippen molar-refractivity contribution in [3.63, 3.8) is 0 Å². The summed E-state index contributed by atoms with van der Waals surface area (Å²) in [5.41, 5.74) is 0.892. The molecule has 0 unspecified atom stereocenters. The molecule has 0 bridgehead atoms. The van der Waals surface area contributed by atoms with Crippen LogP contribution >= 0.6 is 11.6 Å². The average molecular weight is 258 g/mol. The first-order chi connectivity index (χ1) is 8.00. The van der Waals surface area contributed by atoms with Crippen molar-refractivity contribution in [3.05, 3.63) is 38.9 Å². The lowest BCUT2D eigenvalue weighted by Gasteiger charge is -2.10. The first kappa shape index (κ1) is 13.9. The Morgan fingerprint density at radius 3 is 2.71 bits per heavy atom. The highest BCUT2D eigenvalue weighted by Crippen LogP contribution is 2.22. The number of hydrogen-bond acceptors (Lipinski definition) is 4. The first-order valence-corrected chi connectivity index (χ1v) is 5.67. The van der Waals surface area contributed by atoms with Crippen LogP contribution in [-0.4, -0.2) is 37.0 Å². The molecule has 94 valence electrons. The molecule has 17 heavy (non-hydrogen) atoms. The molecule has 1 aromatic rings. The maximum atomic E-state index is 10.5. The van der Waals surface area contributed by atoms with Gasteiger partial charge in [-0.1, -0.05) is 11.6 Å². The molecule has 0 amide bonds. The smallest absolute Gasteiger partial charge is 0.270 e. The van der Waals surface area contributed by atoms with Crippen molar-refractivity contribution in [2.24, 2.45) is 0 Å². The zero-order valence-electron chi connectivity index (χ0n) is 9.94. The van der Waals surface area contributed by atoms with E-state index >= 15 is 0 Å². The maximum absolute atomic E-state index is 10.5. The predicted octanol–water partition coefficient (Wildman–Crippen LogP) is 1.90. The van der Waals surface area contributed by atoms with Gasteiger partial charge in [0, 0.05) is 31.8 Å². The Hall–Kier alpha value is -1.17. The Bertz CT molecular complexity index is 396. The Labute approximate surface area is 106 Å². The molecule has 0 fully saturated rings. The van der Waals surface area contributed by atoms with Gasteiger partial charge in [0.2, 0.25) is 0 Å². The molecule has 0 aromatic heterocycles.